The zero-order valence-corrected chi connectivity index (χ0v) is 8.89. The summed E-state index contributed by atoms with van der Waals surface area (Å²) in [5.74, 6) is 1.98. The van der Waals surface area contributed by atoms with E-state index in [0.29, 0.717) is 0 Å². The minimum absolute atomic E-state index is 0.861. The molecule has 0 bridgehead atoms. The molecule has 13 heavy (non-hydrogen) atoms. The summed E-state index contributed by atoms with van der Waals surface area (Å²) in [5.41, 5.74) is 0. The van der Waals surface area contributed by atoms with Gasteiger partial charge in [0.15, 0.2) is 0 Å². The molecule has 1 nitrogen and oxygen atoms in total. The van der Waals surface area contributed by atoms with E-state index < -0.39 is 0 Å². The van der Waals surface area contributed by atoms with Gasteiger partial charge in [-0.1, -0.05) is 32.6 Å². The average molecular weight is 181 g/mol. The average Bonchev–Trinajstić information content (AvgIpc) is 2.43. The second-order valence-electron chi connectivity index (χ2n) is 4.98. The molecule has 1 saturated carbocycles. The van der Waals surface area contributed by atoms with Crippen LogP contribution in [-0.2, 0) is 0 Å². The van der Waals surface area contributed by atoms with Crippen LogP contribution in [0.2, 0.25) is 0 Å². The monoisotopic (exact) mass is 181 g/mol. The molecule has 0 amide bonds. The minimum Gasteiger partial charge on any atom is -0.314 e. The number of hydrogen-bond acceptors (Lipinski definition) is 1. The molecule has 1 N–H and O–H groups in total. The van der Waals surface area contributed by atoms with Gasteiger partial charge in [-0.05, 0) is 37.6 Å². The number of rotatable bonds is 1. The van der Waals surface area contributed by atoms with Crippen molar-refractivity contribution in [1.82, 2.24) is 5.32 Å². The van der Waals surface area contributed by atoms with Gasteiger partial charge in [-0.25, -0.2) is 0 Å². The van der Waals surface area contributed by atoms with Gasteiger partial charge in [0.05, 0.1) is 0 Å². The molecule has 1 aliphatic carbocycles. The summed E-state index contributed by atoms with van der Waals surface area (Å²) in [6, 6.07) is 0.861. The van der Waals surface area contributed by atoms with E-state index >= 15 is 0 Å². The summed E-state index contributed by atoms with van der Waals surface area (Å²) in [4.78, 5) is 0. The molecule has 3 atom stereocenters. The third-order valence-corrected chi connectivity index (χ3v) is 4.04. The zero-order valence-electron chi connectivity index (χ0n) is 8.89. The lowest BCUT2D eigenvalue weighted by molar-refractivity contribution is 0.292. The molecule has 2 rings (SSSR count). The van der Waals surface area contributed by atoms with Crippen LogP contribution < -0.4 is 5.32 Å². The summed E-state index contributed by atoms with van der Waals surface area (Å²) >= 11 is 0. The number of nitrogens with one attached hydrogen (secondary N) is 1. The molecule has 3 unspecified atom stereocenters. The van der Waals surface area contributed by atoms with Crippen LogP contribution in [0.4, 0.5) is 0 Å². The molecule has 2 fully saturated rings. The summed E-state index contributed by atoms with van der Waals surface area (Å²) in [7, 11) is 0. The van der Waals surface area contributed by atoms with Crippen LogP contribution in [0.25, 0.3) is 0 Å². The molecule has 1 saturated heterocycles. The largest absolute Gasteiger partial charge is 0.314 e. The van der Waals surface area contributed by atoms with Crippen molar-refractivity contribution in [1.29, 1.82) is 0 Å². The van der Waals surface area contributed by atoms with Crippen LogP contribution in [0.3, 0.4) is 0 Å². The summed E-state index contributed by atoms with van der Waals surface area (Å²) in [6.45, 7) is 3.72. The lowest BCUT2D eigenvalue weighted by Crippen LogP contribution is -2.36. The van der Waals surface area contributed by atoms with Crippen LogP contribution in [0, 0.1) is 11.8 Å². The maximum Gasteiger partial charge on any atom is 0.00978 e. The van der Waals surface area contributed by atoms with Crippen LogP contribution in [0.5, 0.6) is 0 Å². The first-order chi connectivity index (χ1) is 6.38. The molecule has 1 aliphatic heterocycles. The minimum atomic E-state index is 0.861. The van der Waals surface area contributed by atoms with Gasteiger partial charge in [0.25, 0.3) is 0 Å². The fourth-order valence-corrected chi connectivity index (χ4v) is 3.19. The van der Waals surface area contributed by atoms with E-state index in [9.17, 15) is 0 Å². The fourth-order valence-electron chi connectivity index (χ4n) is 3.19. The third kappa shape index (κ3) is 2.25. The third-order valence-electron chi connectivity index (χ3n) is 4.04. The predicted molar refractivity (Wildman–Crippen MR) is 56.8 cm³/mol. The van der Waals surface area contributed by atoms with E-state index in [-0.39, 0.29) is 0 Å². The Balaban J connectivity index is 1.89. The molecule has 1 heterocycles. The van der Waals surface area contributed by atoms with Gasteiger partial charge >= 0.3 is 0 Å². The summed E-state index contributed by atoms with van der Waals surface area (Å²) in [5, 5.41) is 3.75. The van der Waals surface area contributed by atoms with Gasteiger partial charge in [-0.15, -0.1) is 0 Å². The Labute approximate surface area is 82.3 Å². The molecular formula is C12H23N. The molecule has 0 radical (unpaired) electrons. The molecule has 76 valence electrons. The van der Waals surface area contributed by atoms with Crippen molar-refractivity contribution in [2.24, 2.45) is 11.8 Å². The Hall–Kier alpha value is -0.0400. The van der Waals surface area contributed by atoms with Crippen molar-refractivity contribution >= 4 is 0 Å². The highest BCUT2D eigenvalue weighted by atomic mass is 14.9. The maximum absolute atomic E-state index is 3.75. The van der Waals surface area contributed by atoms with Crippen molar-refractivity contribution in [3.8, 4) is 0 Å². The van der Waals surface area contributed by atoms with Crippen molar-refractivity contribution < 1.29 is 0 Å². The lowest BCUT2D eigenvalue weighted by Gasteiger charge is -2.26. The Morgan fingerprint density at radius 3 is 2.62 bits per heavy atom. The first kappa shape index (κ1) is 9.51. The standard InChI is InChI=1S/C12H23N/c1-10-6-5-7-11(10)12-8-3-2-4-9-13-12/h10-13H,2-9H2,1H3. The summed E-state index contributed by atoms with van der Waals surface area (Å²) in [6.07, 6.45) is 10.2. The van der Waals surface area contributed by atoms with Gasteiger partial charge in [0, 0.05) is 6.04 Å². The van der Waals surface area contributed by atoms with E-state index in [4.69, 9.17) is 0 Å². The molecule has 0 aromatic rings. The van der Waals surface area contributed by atoms with Crippen molar-refractivity contribution in [3.05, 3.63) is 0 Å². The normalized spacial score (nSPS) is 41.8. The molecule has 1 heteroatoms. The zero-order chi connectivity index (χ0) is 9.10. The molecule has 0 aromatic carbocycles. The second-order valence-corrected chi connectivity index (χ2v) is 4.98. The van der Waals surface area contributed by atoms with E-state index in [1.807, 2.05) is 0 Å². The highest BCUT2D eigenvalue weighted by molar-refractivity contribution is 4.85. The van der Waals surface area contributed by atoms with Crippen LogP contribution >= 0.6 is 0 Å². The Morgan fingerprint density at radius 1 is 0.923 bits per heavy atom. The van der Waals surface area contributed by atoms with E-state index in [2.05, 4.69) is 12.2 Å². The Morgan fingerprint density at radius 2 is 1.85 bits per heavy atom. The molecule has 2 aliphatic rings. The van der Waals surface area contributed by atoms with Crippen LogP contribution in [0.1, 0.15) is 51.9 Å². The SMILES string of the molecule is CC1CCCC1C1CCCCCN1. The predicted octanol–water partition coefficient (Wildman–Crippen LogP) is 2.95. The van der Waals surface area contributed by atoms with Crippen molar-refractivity contribution in [3.63, 3.8) is 0 Å². The number of hydrogen-bond donors (Lipinski definition) is 1. The molecule has 0 aromatic heterocycles. The van der Waals surface area contributed by atoms with E-state index in [1.165, 1.54) is 51.5 Å². The Kier molecular flexibility index (Phi) is 3.26. The molecular weight excluding hydrogens is 158 g/mol. The topological polar surface area (TPSA) is 12.0 Å². The van der Waals surface area contributed by atoms with Crippen LogP contribution in [-0.4, -0.2) is 12.6 Å². The second kappa shape index (κ2) is 4.45. The quantitative estimate of drug-likeness (QED) is 0.656. The summed E-state index contributed by atoms with van der Waals surface area (Å²) < 4.78 is 0. The van der Waals surface area contributed by atoms with Gasteiger partial charge < -0.3 is 5.32 Å². The van der Waals surface area contributed by atoms with Gasteiger partial charge in [0.2, 0.25) is 0 Å². The first-order valence-corrected chi connectivity index (χ1v) is 6.11. The van der Waals surface area contributed by atoms with Gasteiger partial charge in [-0.3, -0.25) is 0 Å². The van der Waals surface area contributed by atoms with Gasteiger partial charge in [0.1, 0.15) is 0 Å². The van der Waals surface area contributed by atoms with Gasteiger partial charge in [-0.2, -0.15) is 0 Å². The Bertz CT molecular complexity index is 147. The maximum atomic E-state index is 3.75. The first-order valence-electron chi connectivity index (χ1n) is 6.11. The highest BCUT2D eigenvalue weighted by Gasteiger charge is 2.30. The highest BCUT2D eigenvalue weighted by Crippen LogP contribution is 2.35. The van der Waals surface area contributed by atoms with E-state index in [1.54, 1.807) is 0 Å². The van der Waals surface area contributed by atoms with E-state index in [0.717, 1.165) is 17.9 Å². The lowest BCUT2D eigenvalue weighted by atomic mass is 9.88. The smallest absolute Gasteiger partial charge is 0.00978 e. The van der Waals surface area contributed by atoms with Crippen molar-refractivity contribution in [2.45, 2.75) is 57.9 Å². The fraction of sp³-hybridized carbons (Fsp3) is 1.00. The van der Waals surface area contributed by atoms with Crippen LogP contribution in [0.15, 0.2) is 0 Å². The molecule has 0 spiro atoms. The van der Waals surface area contributed by atoms with Crippen molar-refractivity contribution in [2.75, 3.05) is 6.54 Å².